The second-order valence-corrected chi connectivity index (χ2v) is 7.44. The largest absolute Gasteiger partial charge is 0.351 e. The zero-order valence-electron chi connectivity index (χ0n) is 17.5. The highest BCUT2D eigenvalue weighted by molar-refractivity contribution is 5.94. The molecule has 1 amide bonds. The van der Waals surface area contributed by atoms with Crippen molar-refractivity contribution >= 4 is 17.1 Å². The molecular formula is C20H24N8O3. The SMILES string of the molecule is Cn1c(=O)c2nc(-c3ccc(C(=O)NCCN4CCNCC4)cc3)nnc2n(C)c1=O. The molecule has 4 rings (SSSR count). The molecule has 0 spiro atoms. The third kappa shape index (κ3) is 4.23. The van der Waals surface area contributed by atoms with Gasteiger partial charge >= 0.3 is 5.69 Å². The maximum atomic E-state index is 12.4. The van der Waals surface area contributed by atoms with Crippen LogP contribution in [0.1, 0.15) is 10.4 Å². The van der Waals surface area contributed by atoms with Crippen LogP contribution in [0.2, 0.25) is 0 Å². The number of hydrogen-bond acceptors (Lipinski definition) is 8. The summed E-state index contributed by atoms with van der Waals surface area (Å²) in [5.74, 6) is 0.0945. The van der Waals surface area contributed by atoms with Gasteiger partial charge in [-0.3, -0.25) is 23.6 Å². The Morgan fingerprint density at radius 2 is 1.77 bits per heavy atom. The highest BCUT2D eigenvalue weighted by atomic mass is 16.2. The van der Waals surface area contributed by atoms with Crippen molar-refractivity contribution in [1.29, 1.82) is 0 Å². The van der Waals surface area contributed by atoms with E-state index < -0.39 is 11.2 Å². The highest BCUT2D eigenvalue weighted by Gasteiger charge is 2.14. The maximum absolute atomic E-state index is 12.4. The summed E-state index contributed by atoms with van der Waals surface area (Å²) in [6, 6.07) is 6.78. The average molecular weight is 424 g/mol. The molecule has 11 heteroatoms. The standard InChI is InChI=1S/C20H24N8O3/c1-26-17-15(19(30)27(2)20(26)31)23-16(24-25-17)13-3-5-14(6-4-13)18(29)22-9-12-28-10-7-21-8-11-28/h3-6,21H,7-12H2,1-2H3,(H,22,29). The van der Waals surface area contributed by atoms with Crippen molar-refractivity contribution in [1.82, 2.24) is 39.8 Å². The Morgan fingerprint density at radius 1 is 1.06 bits per heavy atom. The highest BCUT2D eigenvalue weighted by Crippen LogP contribution is 2.16. The molecule has 0 unspecified atom stereocenters. The van der Waals surface area contributed by atoms with Crippen LogP contribution < -0.4 is 21.9 Å². The smallest absolute Gasteiger partial charge is 0.332 e. The molecule has 11 nitrogen and oxygen atoms in total. The zero-order valence-corrected chi connectivity index (χ0v) is 17.5. The van der Waals surface area contributed by atoms with Gasteiger partial charge in [-0.15, -0.1) is 10.2 Å². The van der Waals surface area contributed by atoms with Crippen molar-refractivity contribution in [2.45, 2.75) is 0 Å². The molecule has 1 aliphatic rings. The predicted octanol–water partition coefficient (Wildman–Crippen LogP) is -1.28. The molecule has 2 N–H and O–H groups in total. The van der Waals surface area contributed by atoms with E-state index in [1.54, 1.807) is 24.3 Å². The van der Waals surface area contributed by atoms with Gasteiger partial charge in [0.15, 0.2) is 17.0 Å². The number of amides is 1. The number of aryl methyl sites for hydroxylation is 1. The van der Waals surface area contributed by atoms with Gasteiger partial charge < -0.3 is 10.6 Å². The summed E-state index contributed by atoms with van der Waals surface area (Å²) in [6.07, 6.45) is 0. The van der Waals surface area contributed by atoms with Gasteiger partial charge in [0.25, 0.3) is 11.5 Å². The predicted molar refractivity (Wildman–Crippen MR) is 115 cm³/mol. The van der Waals surface area contributed by atoms with E-state index in [0.29, 0.717) is 17.7 Å². The van der Waals surface area contributed by atoms with E-state index >= 15 is 0 Å². The first-order chi connectivity index (χ1) is 15.0. The van der Waals surface area contributed by atoms with Crippen LogP contribution >= 0.6 is 0 Å². The molecule has 31 heavy (non-hydrogen) atoms. The van der Waals surface area contributed by atoms with Crippen molar-refractivity contribution in [3.63, 3.8) is 0 Å². The summed E-state index contributed by atoms with van der Waals surface area (Å²) >= 11 is 0. The summed E-state index contributed by atoms with van der Waals surface area (Å²) in [4.78, 5) is 43.4. The minimum absolute atomic E-state index is 0.0596. The van der Waals surface area contributed by atoms with E-state index in [2.05, 4.69) is 30.7 Å². The second kappa shape index (κ2) is 8.74. The number of piperazine rings is 1. The number of aromatic nitrogens is 5. The molecular weight excluding hydrogens is 400 g/mol. The van der Waals surface area contributed by atoms with E-state index in [1.165, 1.54) is 18.7 Å². The van der Waals surface area contributed by atoms with Crippen LogP contribution in [-0.4, -0.2) is 74.4 Å². The summed E-state index contributed by atoms with van der Waals surface area (Å²) in [7, 11) is 2.90. The van der Waals surface area contributed by atoms with Gasteiger partial charge in [-0.05, 0) is 12.1 Å². The van der Waals surface area contributed by atoms with Crippen LogP contribution in [-0.2, 0) is 14.1 Å². The van der Waals surface area contributed by atoms with Crippen LogP contribution in [0.25, 0.3) is 22.6 Å². The topological polar surface area (TPSA) is 127 Å². The molecule has 3 heterocycles. The van der Waals surface area contributed by atoms with Gasteiger partial charge in [-0.25, -0.2) is 9.78 Å². The Kier molecular flexibility index (Phi) is 5.87. The average Bonchev–Trinajstić information content (AvgIpc) is 2.81. The molecule has 0 saturated carbocycles. The first-order valence-electron chi connectivity index (χ1n) is 10.1. The van der Waals surface area contributed by atoms with Crippen molar-refractivity contribution in [2.75, 3.05) is 39.3 Å². The fourth-order valence-electron chi connectivity index (χ4n) is 3.51. The minimum Gasteiger partial charge on any atom is -0.351 e. The van der Waals surface area contributed by atoms with Gasteiger partial charge in [-0.2, -0.15) is 0 Å². The first-order valence-corrected chi connectivity index (χ1v) is 10.1. The number of hydrogen-bond donors (Lipinski definition) is 2. The Labute approximate surface area is 177 Å². The fraction of sp³-hybridized carbons (Fsp3) is 0.400. The van der Waals surface area contributed by atoms with Crippen molar-refractivity contribution in [3.8, 4) is 11.4 Å². The Bertz CT molecular complexity index is 1230. The summed E-state index contributed by atoms with van der Waals surface area (Å²) < 4.78 is 2.21. The summed E-state index contributed by atoms with van der Waals surface area (Å²) in [6.45, 7) is 5.33. The quantitative estimate of drug-likeness (QED) is 0.519. The lowest BCUT2D eigenvalue weighted by Gasteiger charge is -2.27. The monoisotopic (exact) mass is 424 g/mol. The van der Waals surface area contributed by atoms with E-state index in [9.17, 15) is 14.4 Å². The number of benzene rings is 1. The van der Waals surface area contributed by atoms with E-state index in [1.807, 2.05) is 0 Å². The molecule has 1 aromatic carbocycles. The number of fused-ring (bicyclic) bond motifs is 1. The maximum Gasteiger partial charge on any atom is 0.332 e. The van der Waals surface area contributed by atoms with E-state index in [4.69, 9.17) is 0 Å². The van der Waals surface area contributed by atoms with Crippen LogP contribution in [0, 0.1) is 0 Å². The van der Waals surface area contributed by atoms with Crippen molar-refractivity contribution in [3.05, 3.63) is 50.7 Å². The Morgan fingerprint density at radius 3 is 2.48 bits per heavy atom. The number of nitrogens with one attached hydrogen (secondary N) is 2. The number of nitrogens with zero attached hydrogens (tertiary/aromatic N) is 6. The number of carbonyl (C=O) groups is 1. The molecule has 0 atom stereocenters. The van der Waals surface area contributed by atoms with Gasteiger partial charge in [0, 0.05) is 64.5 Å². The lowest BCUT2D eigenvalue weighted by Crippen LogP contribution is -2.46. The zero-order chi connectivity index (χ0) is 22.0. The molecule has 3 aromatic rings. The molecule has 1 fully saturated rings. The normalized spacial score (nSPS) is 14.6. The fourth-order valence-corrected chi connectivity index (χ4v) is 3.51. The molecule has 162 valence electrons. The molecule has 0 bridgehead atoms. The second-order valence-electron chi connectivity index (χ2n) is 7.44. The van der Waals surface area contributed by atoms with Gasteiger partial charge in [0.1, 0.15) is 0 Å². The van der Waals surface area contributed by atoms with Crippen LogP contribution in [0.15, 0.2) is 33.9 Å². The van der Waals surface area contributed by atoms with Gasteiger partial charge in [0.2, 0.25) is 0 Å². The third-order valence-electron chi connectivity index (χ3n) is 5.40. The summed E-state index contributed by atoms with van der Waals surface area (Å²) in [5.41, 5.74) is 0.295. The summed E-state index contributed by atoms with van der Waals surface area (Å²) in [5, 5.41) is 14.3. The molecule has 1 saturated heterocycles. The molecule has 0 aliphatic carbocycles. The van der Waals surface area contributed by atoms with Crippen LogP contribution in [0.3, 0.4) is 0 Å². The number of rotatable bonds is 5. The molecule has 0 radical (unpaired) electrons. The van der Waals surface area contributed by atoms with Crippen LogP contribution in [0.5, 0.6) is 0 Å². The Hall–Kier alpha value is -3.44. The first kappa shape index (κ1) is 20.8. The van der Waals surface area contributed by atoms with Crippen molar-refractivity contribution in [2.24, 2.45) is 14.1 Å². The van der Waals surface area contributed by atoms with Crippen molar-refractivity contribution < 1.29 is 4.79 Å². The van der Waals surface area contributed by atoms with E-state index in [0.717, 1.165) is 37.3 Å². The lowest BCUT2D eigenvalue weighted by molar-refractivity contribution is 0.0947. The number of carbonyl (C=O) groups excluding carboxylic acids is 1. The van der Waals surface area contributed by atoms with E-state index in [-0.39, 0.29) is 22.9 Å². The Balaban J connectivity index is 1.48. The van der Waals surface area contributed by atoms with Gasteiger partial charge in [-0.1, -0.05) is 12.1 Å². The lowest BCUT2D eigenvalue weighted by atomic mass is 10.1. The minimum atomic E-state index is -0.533. The van der Waals surface area contributed by atoms with Crippen LogP contribution in [0.4, 0.5) is 0 Å². The molecule has 2 aromatic heterocycles. The van der Waals surface area contributed by atoms with Gasteiger partial charge in [0.05, 0.1) is 0 Å². The molecule has 1 aliphatic heterocycles. The third-order valence-corrected chi connectivity index (χ3v) is 5.40.